The average molecular weight is 248 g/mol. The van der Waals surface area contributed by atoms with Gasteiger partial charge >= 0.3 is 0 Å². The molecule has 0 heterocycles. The van der Waals surface area contributed by atoms with Crippen LogP contribution in [0.1, 0.15) is 32.1 Å². The quantitative estimate of drug-likeness (QED) is 0.840. The molecule has 1 aromatic rings. The number of anilines is 1. The Morgan fingerprint density at radius 3 is 2.50 bits per heavy atom. The molecule has 0 saturated heterocycles. The maximum atomic E-state index is 10.6. The van der Waals surface area contributed by atoms with Crippen LogP contribution in [0.25, 0.3) is 0 Å². The maximum absolute atomic E-state index is 10.6. The second kappa shape index (κ2) is 6.28. The molecule has 1 fully saturated rings. The molecule has 98 valence electrons. The van der Waals surface area contributed by atoms with Gasteiger partial charge in [-0.15, -0.1) is 0 Å². The minimum absolute atomic E-state index is 0.0740. The molecule has 0 radical (unpaired) electrons. The first-order valence-electron chi connectivity index (χ1n) is 6.52. The SMILES string of the molecule is NC(=O)COc1ccc(NC2CCCCC2)cc1. The Kier molecular flexibility index (Phi) is 4.45. The van der Waals surface area contributed by atoms with Crippen LogP contribution in [-0.4, -0.2) is 18.6 Å². The second-order valence-corrected chi connectivity index (χ2v) is 4.76. The van der Waals surface area contributed by atoms with Crippen LogP contribution < -0.4 is 15.8 Å². The lowest BCUT2D eigenvalue weighted by Gasteiger charge is -2.23. The number of rotatable bonds is 5. The summed E-state index contributed by atoms with van der Waals surface area (Å²) in [5.74, 6) is 0.211. The van der Waals surface area contributed by atoms with Gasteiger partial charge in [0.1, 0.15) is 5.75 Å². The molecular weight excluding hydrogens is 228 g/mol. The summed E-state index contributed by atoms with van der Waals surface area (Å²) in [6, 6.07) is 8.26. The number of amides is 1. The summed E-state index contributed by atoms with van der Waals surface area (Å²) >= 11 is 0. The molecule has 0 bridgehead atoms. The molecular formula is C14H20N2O2. The predicted octanol–water partition coefficient (Wildman–Crippen LogP) is 2.30. The fourth-order valence-corrected chi connectivity index (χ4v) is 2.28. The van der Waals surface area contributed by atoms with E-state index in [9.17, 15) is 4.79 Å². The number of carbonyl (C=O) groups is 1. The van der Waals surface area contributed by atoms with E-state index in [0.29, 0.717) is 11.8 Å². The van der Waals surface area contributed by atoms with Crippen molar-refractivity contribution in [3.8, 4) is 5.75 Å². The molecule has 1 amide bonds. The molecule has 18 heavy (non-hydrogen) atoms. The third-order valence-corrected chi connectivity index (χ3v) is 3.21. The van der Waals surface area contributed by atoms with Gasteiger partial charge in [0.2, 0.25) is 0 Å². The number of primary amides is 1. The highest BCUT2D eigenvalue weighted by molar-refractivity contribution is 5.75. The molecule has 0 atom stereocenters. The third kappa shape index (κ3) is 3.95. The van der Waals surface area contributed by atoms with Gasteiger partial charge < -0.3 is 15.8 Å². The smallest absolute Gasteiger partial charge is 0.255 e. The highest BCUT2D eigenvalue weighted by Gasteiger charge is 2.12. The van der Waals surface area contributed by atoms with Crippen LogP contribution in [0.2, 0.25) is 0 Å². The molecule has 2 rings (SSSR count). The van der Waals surface area contributed by atoms with Crippen molar-refractivity contribution in [1.29, 1.82) is 0 Å². The number of hydrogen-bond donors (Lipinski definition) is 2. The first-order valence-corrected chi connectivity index (χ1v) is 6.52. The number of nitrogens with one attached hydrogen (secondary N) is 1. The largest absolute Gasteiger partial charge is 0.484 e. The Balaban J connectivity index is 1.84. The highest BCUT2D eigenvalue weighted by Crippen LogP contribution is 2.23. The standard InChI is InChI=1S/C14H20N2O2/c15-14(17)10-18-13-8-6-12(7-9-13)16-11-4-2-1-3-5-11/h6-9,11,16H,1-5,10H2,(H2,15,17). The molecule has 1 aliphatic carbocycles. The highest BCUT2D eigenvalue weighted by atomic mass is 16.5. The van der Waals surface area contributed by atoms with E-state index < -0.39 is 5.91 Å². The lowest BCUT2D eigenvalue weighted by atomic mass is 9.95. The van der Waals surface area contributed by atoms with E-state index in [4.69, 9.17) is 10.5 Å². The van der Waals surface area contributed by atoms with Gasteiger partial charge in [-0.2, -0.15) is 0 Å². The number of carbonyl (C=O) groups excluding carboxylic acids is 1. The molecule has 0 aromatic heterocycles. The first kappa shape index (κ1) is 12.7. The van der Waals surface area contributed by atoms with Crippen LogP contribution in [0, 0.1) is 0 Å². The molecule has 4 heteroatoms. The molecule has 4 nitrogen and oxygen atoms in total. The lowest BCUT2D eigenvalue weighted by Crippen LogP contribution is -2.22. The van der Waals surface area contributed by atoms with Crippen LogP contribution in [-0.2, 0) is 4.79 Å². The molecule has 0 aliphatic heterocycles. The minimum Gasteiger partial charge on any atom is -0.484 e. The minimum atomic E-state index is -0.459. The van der Waals surface area contributed by atoms with E-state index in [-0.39, 0.29) is 6.61 Å². The number of benzene rings is 1. The Morgan fingerprint density at radius 2 is 1.89 bits per heavy atom. The van der Waals surface area contributed by atoms with Gasteiger partial charge in [-0.1, -0.05) is 19.3 Å². The van der Waals surface area contributed by atoms with Crippen molar-refractivity contribution in [3.05, 3.63) is 24.3 Å². The van der Waals surface area contributed by atoms with E-state index in [1.165, 1.54) is 32.1 Å². The van der Waals surface area contributed by atoms with Gasteiger partial charge in [0.15, 0.2) is 6.61 Å². The van der Waals surface area contributed by atoms with Gasteiger partial charge in [0, 0.05) is 11.7 Å². The second-order valence-electron chi connectivity index (χ2n) is 4.76. The van der Waals surface area contributed by atoms with Gasteiger partial charge in [-0.3, -0.25) is 4.79 Å². The monoisotopic (exact) mass is 248 g/mol. The summed E-state index contributed by atoms with van der Waals surface area (Å²) < 4.78 is 5.21. The topological polar surface area (TPSA) is 64.4 Å². The molecule has 1 saturated carbocycles. The fourth-order valence-electron chi connectivity index (χ4n) is 2.28. The zero-order valence-corrected chi connectivity index (χ0v) is 10.5. The Labute approximate surface area is 108 Å². The molecule has 1 aromatic carbocycles. The normalized spacial score (nSPS) is 16.2. The summed E-state index contributed by atoms with van der Waals surface area (Å²) in [7, 11) is 0. The van der Waals surface area contributed by atoms with E-state index >= 15 is 0 Å². The number of nitrogens with two attached hydrogens (primary N) is 1. The van der Waals surface area contributed by atoms with Gasteiger partial charge in [0.25, 0.3) is 5.91 Å². The summed E-state index contributed by atoms with van der Waals surface area (Å²) in [6.45, 7) is -0.0740. The lowest BCUT2D eigenvalue weighted by molar-refractivity contribution is -0.119. The summed E-state index contributed by atoms with van der Waals surface area (Å²) in [6.07, 6.45) is 6.49. The van der Waals surface area contributed by atoms with Crippen molar-refractivity contribution in [2.24, 2.45) is 5.73 Å². The number of ether oxygens (including phenoxy) is 1. The predicted molar refractivity (Wildman–Crippen MR) is 71.6 cm³/mol. The van der Waals surface area contributed by atoms with Crippen LogP contribution in [0.5, 0.6) is 5.75 Å². The van der Waals surface area contributed by atoms with E-state index in [1.54, 1.807) is 0 Å². The average Bonchev–Trinajstić information content (AvgIpc) is 2.39. The Bertz CT molecular complexity index is 383. The zero-order chi connectivity index (χ0) is 12.8. The molecule has 0 spiro atoms. The van der Waals surface area contributed by atoms with Gasteiger partial charge in [0.05, 0.1) is 0 Å². The zero-order valence-electron chi connectivity index (χ0n) is 10.5. The Hall–Kier alpha value is -1.71. The maximum Gasteiger partial charge on any atom is 0.255 e. The van der Waals surface area contributed by atoms with Crippen LogP contribution in [0.3, 0.4) is 0 Å². The summed E-state index contributed by atoms with van der Waals surface area (Å²) in [4.78, 5) is 10.6. The molecule has 3 N–H and O–H groups in total. The summed E-state index contributed by atoms with van der Waals surface area (Å²) in [5, 5.41) is 3.53. The van der Waals surface area contributed by atoms with Crippen molar-refractivity contribution in [2.75, 3.05) is 11.9 Å². The summed E-state index contributed by atoms with van der Waals surface area (Å²) in [5.41, 5.74) is 6.12. The fraction of sp³-hybridized carbons (Fsp3) is 0.500. The van der Waals surface area contributed by atoms with Crippen molar-refractivity contribution in [1.82, 2.24) is 0 Å². The van der Waals surface area contributed by atoms with Crippen molar-refractivity contribution >= 4 is 11.6 Å². The van der Waals surface area contributed by atoms with Gasteiger partial charge in [-0.25, -0.2) is 0 Å². The van der Waals surface area contributed by atoms with Crippen molar-refractivity contribution in [2.45, 2.75) is 38.1 Å². The van der Waals surface area contributed by atoms with Crippen LogP contribution in [0.4, 0.5) is 5.69 Å². The molecule has 1 aliphatic rings. The van der Waals surface area contributed by atoms with Crippen molar-refractivity contribution in [3.63, 3.8) is 0 Å². The van der Waals surface area contributed by atoms with Crippen molar-refractivity contribution < 1.29 is 9.53 Å². The number of hydrogen-bond acceptors (Lipinski definition) is 3. The first-order chi connectivity index (χ1) is 8.74. The third-order valence-electron chi connectivity index (χ3n) is 3.21. The van der Waals surface area contributed by atoms with E-state index in [1.807, 2.05) is 24.3 Å². The van der Waals surface area contributed by atoms with E-state index in [0.717, 1.165) is 5.69 Å². The Morgan fingerprint density at radius 1 is 1.22 bits per heavy atom. The van der Waals surface area contributed by atoms with Gasteiger partial charge in [-0.05, 0) is 37.1 Å². The van der Waals surface area contributed by atoms with E-state index in [2.05, 4.69) is 5.32 Å². The molecule has 0 unspecified atom stereocenters. The van der Waals surface area contributed by atoms with Crippen LogP contribution >= 0.6 is 0 Å². The van der Waals surface area contributed by atoms with Crippen LogP contribution in [0.15, 0.2) is 24.3 Å².